The zero-order chi connectivity index (χ0) is 14.3. The lowest BCUT2D eigenvalue weighted by molar-refractivity contribution is 0.0952. The van der Waals surface area contributed by atoms with Crippen molar-refractivity contribution in [1.82, 2.24) is 5.32 Å². The highest BCUT2D eigenvalue weighted by atomic mass is 32.2. The number of rotatable bonds is 1. The number of nitrogens with zero attached hydrogens (tertiary/aromatic N) is 1. The maximum atomic E-state index is 12.3. The van der Waals surface area contributed by atoms with E-state index in [1.54, 1.807) is 11.8 Å². The lowest BCUT2D eigenvalue weighted by Crippen LogP contribution is -2.27. The minimum absolute atomic E-state index is 0.217. The first kappa shape index (κ1) is 13.2. The van der Waals surface area contributed by atoms with Gasteiger partial charge in [-0.15, -0.1) is 0 Å². The summed E-state index contributed by atoms with van der Waals surface area (Å²) in [6.07, 6.45) is 0. The van der Waals surface area contributed by atoms with Crippen molar-refractivity contribution in [3.8, 4) is 0 Å². The van der Waals surface area contributed by atoms with Crippen LogP contribution in [0.4, 0.5) is 0 Å². The summed E-state index contributed by atoms with van der Waals surface area (Å²) < 4.78 is 5.81. The number of thioether (sulfide) groups is 1. The van der Waals surface area contributed by atoms with Gasteiger partial charge >= 0.3 is 0 Å². The molecule has 4 nitrogen and oxygen atoms in total. The molecule has 0 bridgehead atoms. The van der Waals surface area contributed by atoms with Gasteiger partial charge in [0.25, 0.3) is 5.91 Å². The van der Waals surface area contributed by atoms with Gasteiger partial charge in [-0.1, -0.05) is 23.9 Å². The third kappa shape index (κ3) is 2.12. The highest BCUT2D eigenvalue weighted by Crippen LogP contribution is 2.30. The van der Waals surface area contributed by atoms with E-state index in [1.165, 1.54) is 0 Å². The molecule has 104 valence electrons. The fourth-order valence-electron chi connectivity index (χ4n) is 2.46. The Labute approximate surface area is 121 Å². The molecular weight excluding hydrogens is 272 g/mol. The van der Waals surface area contributed by atoms with E-state index in [4.69, 9.17) is 4.42 Å². The molecule has 0 atom stereocenters. The fourth-order valence-corrected chi connectivity index (χ4v) is 3.18. The highest BCUT2D eigenvalue weighted by Gasteiger charge is 2.21. The van der Waals surface area contributed by atoms with Crippen molar-refractivity contribution < 1.29 is 9.21 Å². The Hall–Kier alpha value is -1.75. The molecule has 1 amide bonds. The minimum Gasteiger partial charge on any atom is -0.450 e. The topological polar surface area (TPSA) is 54.6 Å². The standard InChI is InChI=1S/C15H16N2O2S/c1-8-4-5-9(2)12-11(8)10(3)13(19-12)14(18)17-15-16-6-7-20-15/h4-5H,6-7H2,1-3H3,(H,16,17,18). The average molecular weight is 288 g/mol. The highest BCUT2D eigenvalue weighted by molar-refractivity contribution is 8.14. The van der Waals surface area contributed by atoms with Gasteiger partial charge in [-0.25, -0.2) is 0 Å². The van der Waals surface area contributed by atoms with Gasteiger partial charge in [0.05, 0.1) is 6.54 Å². The van der Waals surface area contributed by atoms with Crippen LogP contribution >= 0.6 is 11.8 Å². The molecule has 0 fully saturated rings. The molecule has 0 saturated carbocycles. The molecule has 0 unspecified atom stereocenters. The van der Waals surface area contributed by atoms with Crippen LogP contribution in [0.25, 0.3) is 11.0 Å². The van der Waals surface area contributed by atoms with Crippen molar-refractivity contribution in [3.63, 3.8) is 0 Å². The molecule has 1 aromatic carbocycles. The van der Waals surface area contributed by atoms with Gasteiger partial charge in [0, 0.05) is 16.7 Å². The quantitative estimate of drug-likeness (QED) is 0.876. The van der Waals surface area contributed by atoms with E-state index >= 15 is 0 Å². The largest absolute Gasteiger partial charge is 0.450 e. The Bertz CT molecular complexity index is 731. The number of amides is 1. The number of benzene rings is 1. The molecule has 20 heavy (non-hydrogen) atoms. The summed E-state index contributed by atoms with van der Waals surface area (Å²) in [5.74, 6) is 1.09. The third-order valence-electron chi connectivity index (χ3n) is 3.49. The van der Waals surface area contributed by atoms with Gasteiger partial charge in [0.1, 0.15) is 5.58 Å². The Morgan fingerprint density at radius 3 is 2.70 bits per heavy atom. The van der Waals surface area contributed by atoms with Crippen molar-refractivity contribution >= 4 is 33.8 Å². The van der Waals surface area contributed by atoms with Crippen molar-refractivity contribution in [2.75, 3.05) is 12.3 Å². The Morgan fingerprint density at radius 1 is 1.30 bits per heavy atom. The van der Waals surface area contributed by atoms with Gasteiger partial charge in [-0.2, -0.15) is 0 Å². The average Bonchev–Trinajstić information content (AvgIpc) is 3.02. The Balaban J connectivity index is 2.03. The number of hydrogen-bond acceptors (Lipinski definition) is 4. The predicted octanol–water partition coefficient (Wildman–Crippen LogP) is 3.19. The van der Waals surface area contributed by atoms with E-state index in [2.05, 4.69) is 16.4 Å². The smallest absolute Gasteiger partial charge is 0.293 e. The number of aryl methyl sites for hydroxylation is 3. The van der Waals surface area contributed by atoms with E-state index in [0.717, 1.165) is 40.0 Å². The van der Waals surface area contributed by atoms with Crippen LogP contribution in [0.3, 0.4) is 0 Å². The monoisotopic (exact) mass is 288 g/mol. The summed E-state index contributed by atoms with van der Waals surface area (Å²) >= 11 is 1.56. The molecule has 1 aromatic heterocycles. The second-order valence-corrected chi connectivity index (χ2v) is 6.03. The number of furan rings is 1. The molecule has 1 aliphatic heterocycles. The van der Waals surface area contributed by atoms with Crippen molar-refractivity contribution in [2.24, 2.45) is 4.99 Å². The summed E-state index contributed by atoms with van der Waals surface area (Å²) in [7, 11) is 0. The number of nitrogens with one attached hydrogen (secondary N) is 1. The first-order chi connectivity index (χ1) is 9.58. The van der Waals surface area contributed by atoms with Crippen molar-refractivity contribution in [1.29, 1.82) is 0 Å². The van der Waals surface area contributed by atoms with Gasteiger partial charge < -0.3 is 4.42 Å². The number of carbonyl (C=O) groups excluding carboxylic acids is 1. The molecular formula is C15H16N2O2S. The minimum atomic E-state index is -0.217. The number of hydrogen-bond donors (Lipinski definition) is 1. The normalized spacial score (nSPS) is 14.7. The van der Waals surface area contributed by atoms with Crippen LogP contribution in [0.2, 0.25) is 0 Å². The summed E-state index contributed by atoms with van der Waals surface area (Å²) in [4.78, 5) is 16.5. The molecule has 2 heterocycles. The number of amidine groups is 1. The summed E-state index contributed by atoms with van der Waals surface area (Å²) in [5.41, 5.74) is 3.86. The maximum absolute atomic E-state index is 12.3. The van der Waals surface area contributed by atoms with Gasteiger partial charge in [0.2, 0.25) is 0 Å². The van der Waals surface area contributed by atoms with Crippen molar-refractivity contribution in [3.05, 3.63) is 34.6 Å². The predicted molar refractivity (Wildman–Crippen MR) is 82.7 cm³/mol. The summed E-state index contributed by atoms with van der Waals surface area (Å²) in [6, 6.07) is 4.07. The summed E-state index contributed by atoms with van der Waals surface area (Å²) in [5, 5.41) is 4.54. The van der Waals surface area contributed by atoms with Crippen LogP contribution in [0.5, 0.6) is 0 Å². The third-order valence-corrected chi connectivity index (χ3v) is 4.39. The number of fused-ring (bicyclic) bond motifs is 1. The molecule has 2 aromatic rings. The lowest BCUT2D eigenvalue weighted by Gasteiger charge is -2.01. The second kappa shape index (κ2) is 4.98. The molecule has 0 spiro atoms. The number of carbonyl (C=O) groups is 1. The summed E-state index contributed by atoms with van der Waals surface area (Å²) in [6.45, 7) is 6.71. The van der Waals surface area contributed by atoms with E-state index < -0.39 is 0 Å². The van der Waals surface area contributed by atoms with Crippen LogP contribution in [0.1, 0.15) is 27.2 Å². The van der Waals surface area contributed by atoms with Crippen LogP contribution < -0.4 is 5.32 Å². The van der Waals surface area contributed by atoms with Crippen LogP contribution in [0, 0.1) is 20.8 Å². The SMILES string of the molecule is Cc1ccc(C)c2c(C)c(C(=O)NC3=NCCS3)oc12. The van der Waals surface area contributed by atoms with Crippen molar-refractivity contribution in [2.45, 2.75) is 20.8 Å². The first-order valence-electron chi connectivity index (χ1n) is 6.56. The molecule has 5 heteroatoms. The molecule has 0 radical (unpaired) electrons. The zero-order valence-corrected chi connectivity index (χ0v) is 12.6. The van der Waals surface area contributed by atoms with Gasteiger partial charge in [-0.3, -0.25) is 15.1 Å². The van der Waals surface area contributed by atoms with Crippen LogP contribution in [-0.2, 0) is 0 Å². The number of aliphatic imine (C=N–C) groups is 1. The van der Waals surface area contributed by atoms with Gasteiger partial charge in [-0.05, 0) is 31.9 Å². The van der Waals surface area contributed by atoms with Gasteiger partial charge in [0.15, 0.2) is 10.9 Å². The molecule has 3 rings (SSSR count). The van der Waals surface area contributed by atoms with E-state index in [-0.39, 0.29) is 5.91 Å². The first-order valence-corrected chi connectivity index (χ1v) is 7.54. The maximum Gasteiger partial charge on any atom is 0.293 e. The molecule has 1 N–H and O–H groups in total. The molecule has 0 saturated heterocycles. The second-order valence-electron chi connectivity index (χ2n) is 4.95. The van der Waals surface area contributed by atoms with Crippen LogP contribution in [-0.4, -0.2) is 23.4 Å². The molecule has 1 aliphatic rings. The molecule has 0 aliphatic carbocycles. The van der Waals surface area contributed by atoms with E-state index in [0.29, 0.717) is 10.9 Å². The Kier molecular flexibility index (Phi) is 3.30. The van der Waals surface area contributed by atoms with Crippen LogP contribution in [0.15, 0.2) is 21.5 Å². The Morgan fingerprint density at radius 2 is 2.05 bits per heavy atom. The van der Waals surface area contributed by atoms with E-state index in [1.807, 2.05) is 26.8 Å². The zero-order valence-electron chi connectivity index (χ0n) is 11.7. The van der Waals surface area contributed by atoms with E-state index in [9.17, 15) is 4.79 Å². The lowest BCUT2D eigenvalue weighted by atomic mass is 10.0. The fraction of sp³-hybridized carbons (Fsp3) is 0.333.